The van der Waals surface area contributed by atoms with Gasteiger partial charge in [0.1, 0.15) is 4.90 Å². The van der Waals surface area contributed by atoms with Gasteiger partial charge < -0.3 is 0 Å². The molecule has 0 aliphatic carbocycles. The molecule has 0 N–H and O–H groups in total. The highest BCUT2D eigenvalue weighted by molar-refractivity contribution is 7.89. The second-order valence-electron chi connectivity index (χ2n) is 5.43. The van der Waals surface area contributed by atoms with Gasteiger partial charge in [-0.3, -0.25) is 0 Å². The van der Waals surface area contributed by atoms with E-state index in [1.54, 1.807) is 28.7 Å². The Kier molecular flexibility index (Phi) is 6.20. The van der Waals surface area contributed by atoms with Crippen LogP contribution < -0.4 is 0 Å². The molecule has 0 fully saturated rings. The highest BCUT2D eigenvalue weighted by Crippen LogP contribution is 2.29. The molecule has 0 aliphatic rings. The van der Waals surface area contributed by atoms with Crippen LogP contribution >= 0.6 is 45.9 Å². The summed E-state index contributed by atoms with van der Waals surface area (Å²) >= 11 is 15.3. The van der Waals surface area contributed by atoms with E-state index in [9.17, 15) is 8.42 Å². The number of hydrogen-bond acceptors (Lipinski definition) is 4. The Morgan fingerprint density at radius 1 is 0.960 bits per heavy atom. The van der Waals surface area contributed by atoms with E-state index in [4.69, 9.17) is 23.2 Å². The quantitative estimate of drug-likeness (QED) is 0.491. The zero-order valence-corrected chi connectivity index (χ0v) is 17.0. The van der Waals surface area contributed by atoms with Crippen LogP contribution in [-0.4, -0.2) is 19.3 Å². The topological polar surface area (TPSA) is 37.4 Å². The summed E-state index contributed by atoms with van der Waals surface area (Å²) in [6.07, 6.45) is 0.644. The van der Waals surface area contributed by atoms with E-state index >= 15 is 0 Å². The number of rotatable bonds is 7. The summed E-state index contributed by atoms with van der Waals surface area (Å²) in [7, 11) is -3.76. The molecule has 0 saturated carbocycles. The van der Waals surface area contributed by atoms with E-state index in [-0.39, 0.29) is 9.92 Å². The van der Waals surface area contributed by atoms with Crippen LogP contribution in [0.2, 0.25) is 10.0 Å². The molecule has 25 heavy (non-hydrogen) atoms. The van der Waals surface area contributed by atoms with Crippen LogP contribution in [0.1, 0.15) is 11.1 Å². The summed E-state index contributed by atoms with van der Waals surface area (Å²) in [6.45, 7) is 0.677. The molecule has 132 valence electrons. The summed E-state index contributed by atoms with van der Waals surface area (Å²) in [4.78, 5) is 0.0437. The van der Waals surface area contributed by atoms with Crippen molar-refractivity contribution in [3.8, 4) is 0 Å². The highest BCUT2D eigenvalue weighted by atomic mass is 35.5. The Labute approximate surface area is 165 Å². The van der Waals surface area contributed by atoms with Crippen molar-refractivity contribution in [2.45, 2.75) is 17.9 Å². The zero-order chi connectivity index (χ0) is 17.9. The molecule has 0 aliphatic heterocycles. The van der Waals surface area contributed by atoms with Crippen molar-refractivity contribution < 1.29 is 8.42 Å². The summed E-state index contributed by atoms with van der Waals surface area (Å²) in [5.41, 5.74) is 2.07. The normalized spacial score (nSPS) is 12.0. The van der Waals surface area contributed by atoms with Gasteiger partial charge in [0.2, 0.25) is 10.0 Å². The first-order chi connectivity index (χ1) is 12.0. The number of nitrogens with zero attached hydrogens (tertiary/aromatic N) is 1. The molecule has 3 nitrogen and oxygen atoms in total. The largest absolute Gasteiger partial charge is 0.244 e. The van der Waals surface area contributed by atoms with E-state index in [1.807, 2.05) is 33.7 Å². The van der Waals surface area contributed by atoms with E-state index in [0.29, 0.717) is 24.5 Å². The van der Waals surface area contributed by atoms with Crippen molar-refractivity contribution >= 4 is 55.9 Å². The first-order valence-corrected chi connectivity index (χ1v) is 11.5. The predicted molar refractivity (Wildman–Crippen MR) is 106 cm³/mol. The second kappa shape index (κ2) is 8.20. The van der Waals surface area contributed by atoms with Gasteiger partial charge in [-0.05, 0) is 69.4 Å². The maximum Gasteiger partial charge on any atom is 0.244 e. The van der Waals surface area contributed by atoms with Gasteiger partial charge in [0.25, 0.3) is 0 Å². The average Bonchev–Trinajstić information content (AvgIpc) is 3.26. The molecule has 0 spiro atoms. The van der Waals surface area contributed by atoms with Crippen molar-refractivity contribution in [1.29, 1.82) is 0 Å². The third kappa shape index (κ3) is 4.64. The Morgan fingerprint density at radius 3 is 2.28 bits per heavy atom. The molecule has 0 saturated heterocycles. The lowest BCUT2D eigenvalue weighted by Crippen LogP contribution is -2.32. The molecule has 0 bridgehead atoms. The first-order valence-electron chi connectivity index (χ1n) is 7.44. The smallest absolute Gasteiger partial charge is 0.207 e. The third-order valence-corrected chi connectivity index (χ3v) is 7.71. The molecule has 0 unspecified atom stereocenters. The lowest BCUT2D eigenvalue weighted by molar-refractivity contribution is 0.410. The van der Waals surface area contributed by atoms with Gasteiger partial charge in [-0.25, -0.2) is 8.42 Å². The number of sulfonamides is 1. The Morgan fingerprint density at radius 2 is 1.64 bits per heavy atom. The van der Waals surface area contributed by atoms with Crippen molar-refractivity contribution in [3.63, 3.8) is 0 Å². The minimum atomic E-state index is -3.76. The fraction of sp³-hybridized carbons (Fsp3) is 0.176. The standard InChI is InChI=1S/C17H15Cl2NO2S3/c18-15-1-2-16(19)17(9-15)25(21,22)20(10-14-5-8-24-12-14)6-3-13-4-7-23-11-13/h1-2,4-5,7-9,11-12H,3,6,10H2. The molecule has 0 amide bonds. The monoisotopic (exact) mass is 431 g/mol. The van der Waals surface area contributed by atoms with Gasteiger partial charge in [-0.1, -0.05) is 23.2 Å². The molecule has 2 heterocycles. The zero-order valence-electron chi connectivity index (χ0n) is 13.1. The van der Waals surface area contributed by atoms with Crippen LogP contribution in [0.5, 0.6) is 0 Å². The maximum absolute atomic E-state index is 13.2. The summed E-state index contributed by atoms with van der Waals surface area (Å²) in [6, 6.07) is 8.43. The number of hydrogen-bond donors (Lipinski definition) is 0. The van der Waals surface area contributed by atoms with Gasteiger partial charge in [0.05, 0.1) is 5.02 Å². The molecule has 0 atom stereocenters. The Bertz CT molecular complexity index is 923. The fourth-order valence-corrected chi connectivity index (χ4v) is 5.90. The summed E-state index contributed by atoms with van der Waals surface area (Å²) < 4.78 is 27.8. The summed E-state index contributed by atoms with van der Waals surface area (Å²) in [5.74, 6) is 0. The van der Waals surface area contributed by atoms with Crippen LogP contribution in [0.4, 0.5) is 0 Å². The summed E-state index contributed by atoms with van der Waals surface area (Å²) in [5, 5.41) is 8.42. The molecule has 3 rings (SSSR count). The second-order valence-corrected chi connectivity index (χ2v) is 9.74. The van der Waals surface area contributed by atoms with E-state index in [0.717, 1.165) is 11.1 Å². The van der Waals surface area contributed by atoms with Crippen molar-refractivity contribution in [3.05, 3.63) is 73.0 Å². The van der Waals surface area contributed by atoms with Crippen LogP contribution in [-0.2, 0) is 23.0 Å². The van der Waals surface area contributed by atoms with E-state index in [2.05, 4.69) is 0 Å². The molecule has 0 radical (unpaired) electrons. The highest BCUT2D eigenvalue weighted by Gasteiger charge is 2.27. The van der Waals surface area contributed by atoms with Gasteiger partial charge in [0, 0.05) is 18.1 Å². The minimum absolute atomic E-state index is 0.0437. The molecular weight excluding hydrogens is 417 g/mol. The predicted octanol–water partition coefficient (Wildman–Crippen LogP) is 5.55. The maximum atomic E-state index is 13.2. The van der Waals surface area contributed by atoms with Crippen molar-refractivity contribution in [1.82, 2.24) is 4.31 Å². The van der Waals surface area contributed by atoms with Gasteiger partial charge in [0.15, 0.2) is 0 Å². The molecule has 1 aromatic carbocycles. The van der Waals surface area contributed by atoms with E-state index in [1.165, 1.54) is 16.4 Å². The Hall–Kier alpha value is -0.890. The van der Waals surface area contributed by atoms with Gasteiger partial charge in [-0.15, -0.1) is 0 Å². The lowest BCUT2D eigenvalue weighted by Gasteiger charge is -2.22. The number of halogens is 2. The minimum Gasteiger partial charge on any atom is -0.207 e. The van der Waals surface area contributed by atoms with E-state index < -0.39 is 10.0 Å². The third-order valence-electron chi connectivity index (χ3n) is 3.68. The van der Waals surface area contributed by atoms with Gasteiger partial charge >= 0.3 is 0 Å². The molecule has 3 aromatic rings. The van der Waals surface area contributed by atoms with Crippen LogP contribution in [0.3, 0.4) is 0 Å². The van der Waals surface area contributed by atoms with Crippen molar-refractivity contribution in [2.24, 2.45) is 0 Å². The van der Waals surface area contributed by atoms with Crippen molar-refractivity contribution in [2.75, 3.05) is 6.54 Å². The molecule has 8 heteroatoms. The van der Waals surface area contributed by atoms with Crippen LogP contribution in [0.15, 0.2) is 56.7 Å². The number of thiophene rings is 2. The van der Waals surface area contributed by atoms with Gasteiger partial charge in [-0.2, -0.15) is 27.0 Å². The molecular formula is C17H15Cl2NO2S3. The lowest BCUT2D eigenvalue weighted by atomic mass is 10.2. The molecule has 2 aromatic heterocycles. The SMILES string of the molecule is O=S(=O)(c1cc(Cl)ccc1Cl)N(CCc1ccsc1)Cc1ccsc1. The van der Waals surface area contributed by atoms with Crippen LogP contribution in [0.25, 0.3) is 0 Å². The first kappa shape index (κ1) is 18.9. The average molecular weight is 432 g/mol. The number of benzene rings is 1. The Balaban J connectivity index is 1.92. The fourth-order valence-electron chi connectivity index (χ4n) is 2.37. The van der Waals surface area contributed by atoms with Crippen LogP contribution in [0, 0.1) is 0 Å².